The average molecular weight is 469 g/mol. The van der Waals surface area contributed by atoms with Crippen LogP contribution in [0.5, 0.6) is 0 Å². The molecule has 176 valence electrons. The second kappa shape index (κ2) is 10.3. The molecular weight excluding hydrogens is 450 g/mol. The smallest absolute Gasteiger partial charge is 0.370 e. The molecule has 1 saturated heterocycles. The van der Waals surface area contributed by atoms with Crippen LogP contribution in [0.2, 0.25) is 0 Å². The zero-order valence-corrected chi connectivity index (χ0v) is 17.0. The largest absolute Gasteiger partial charge is 0.472 e. The number of nitrogens with one attached hydrogen (secondary N) is 3. The number of alkyl halides is 3. The zero-order chi connectivity index (χ0) is 24.0. The van der Waals surface area contributed by atoms with Crippen LogP contribution in [0.25, 0.3) is 0 Å². The number of aromatic nitrogens is 1. The molecule has 0 bridgehead atoms. The summed E-state index contributed by atoms with van der Waals surface area (Å²) < 4.78 is 55.1. The number of rotatable bonds is 4. The number of amides is 4. The van der Waals surface area contributed by atoms with Crippen LogP contribution in [0.1, 0.15) is 27.7 Å². The molecule has 3 N–H and O–H groups in total. The summed E-state index contributed by atoms with van der Waals surface area (Å²) in [5, 5.41) is 2.68. The molecule has 0 saturated carbocycles. The minimum atomic E-state index is -5.13. The molecule has 2 aromatic rings. The number of carbonyl (C=O) groups excluding carboxylic acids is 3. The van der Waals surface area contributed by atoms with Crippen molar-refractivity contribution in [3.63, 3.8) is 0 Å². The topological polar surface area (TPSA) is 113 Å². The molecule has 4 amide bonds. The van der Waals surface area contributed by atoms with Crippen molar-refractivity contribution in [1.82, 2.24) is 26.1 Å². The first-order valence-corrected chi connectivity index (χ1v) is 9.66. The lowest BCUT2D eigenvalue weighted by atomic mass is 10.1. The van der Waals surface area contributed by atoms with Crippen LogP contribution in [0.4, 0.5) is 22.4 Å². The molecule has 1 aromatic heterocycles. The van der Waals surface area contributed by atoms with Crippen molar-refractivity contribution >= 4 is 17.8 Å². The van der Waals surface area contributed by atoms with E-state index in [2.05, 4.69) is 10.3 Å². The van der Waals surface area contributed by atoms with Gasteiger partial charge in [-0.2, -0.15) is 13.2 Å². The number of ether oxygens (including phenoxy) is 1. The Morgan fingerprint density at radius 3 is 2.45 bits per heavy atom. The molecular formula is C20H19F4N5O4. The van der Waals surface area contributed by atoms with Crippen LogP contribution in [0, 0.1) is 5.82 Å². The van der Waals surface area contributed by atoms with Crippen LogP contribution in [-0.4, -0.2) is 53.6 Å². The lowest BCUT2D eigenvalue weighted by Crippen LogP contribution is -2.47. The van der Waals surface area contributed by atoms with Crippen LogP contribution < -0.4 is 16.2 Å². The van der Waals surface area contributed by atoms with E-state index in [9.17, 15) is 31.9 Å². The van der Waals surface area contributed by atoms with E-state index in [0.29, 0.717) is 18.8 Å². The van der Waals surface area contributed by atoms with E-state index in [1.165, 1.54) is 29.7 Å². The monoisotopic (exact) mass is 469 g/mol. The van der Waals surface area contributed by atoms with Gasteiger partial charge in [0.15, 0.2) is 0 Å². The second-order valence-electron chi connectivity index (χ2n) is 6.96. The minimum Gasteiger partial charge on any atom is -0.370 e. The molecule has 0 radical (unpaired) electrons. The molecule has 33 heavy (non-hydrogen) atoms. The molecule has 1 aliphatic rings. The van der Waals surface area contributed by atoms with Gasteiger partial charge in [-0.25, -0.2) is 9.18 Å². The van der Waals surface area contributed by atoms with Crippen LogP contribution in [-0.2, 0) is 16.1 Å². The molecule has 0 spiro atoms. The van der Waals surface area contributed by atoms with Gasteiger partial charge in [0, 0.05) is 12.7 Å². The molecule has 2 heterocycles. The number of hydrogen-bond acceptors (Lipinski definition) is 5. The first-order chi connectivity index (χ1) is 15.6. The second-order valence-corrected chi connectivity index (χ2v) is 6.96. The van der Waals surface area contributed by atoms with Gasteiger partial charge >= 0.3 is 18.1 Å². The summed E-state index contributed by atoms with van der Waals surface area (Å²) >= 11 is 0. The number of benzene rings is 1. The van der Waals surface area contributed by atoms with Gasteiger partial charge in [-0.15, -0.1) is 0 Å². The third kappa shape index (κ3) is 6.62. The predicted octanol–water partition coefficient (Wildman–Crippen LogP) is 1.83. The number of pyridine rings is 1. The summed E-state index contributed by atoms with van der Waals surface area (Å²) in [6.07, 6.45) is -4.43. The fourth-order valence-corrected chi connectivity index (χ4v) is 2.91. The maximum absolute atomic E-state index is 13.1. The lowest BCUT2D eigenvalue weighted by molar-refractivity contribution is -0.174. The quantitative estimate of drug-likeness (QED) is 0.467. The van der Waals surface area contributed by atoms with Gasteiger partial charge in [-0.05, 0) is 29.8 Å². The van der Waals surface area contributed by atoms with Crippen molar-refractivity contribution in [2.75, 3.05) is 19.7 Å². The Morgan fingerprint density at radius 2 is 1.82 bits per heavy atom. The first-order valence-electron chi connectivity index (χ1n) is 9.66. The molecule has 1 aliphatic heterocycles. The Morgan fingerprint density at radius 1 is 1.09 bits per heavy atom. The van der Waals surface area contributed by atoms with E-state index in [1.807, 2.05) is 0 Å². The molecule has 13 heteroatoms. The van der Waals surface area contributed by atoms with Crippen LogP contribution in [0.3, 0.4) is 0 Å². The highest BCUT2D eigenvalue weighted by atomic mass is 19.4. The van der Waals surface area contributed by atoms with E-state index < -0.39 is 18.0 Å². The van der Waals surface area contributed by atoms with Crippen LogP contribution in [0.15, 0.2) is 42.6 Å². The predicted molar refractivity (Wildman–Crippen MR) is 105 cm³/mol. The Hall–Kier alpha value is -3.74. The van der Waals surface area contributed by atoms with Crippen molar-refractivity contribution in [1.29, 1.82) is 0 Å². The SMILES string of the molecule is O=C(NNC(=O)C(F)(F)F)c1ccc(CNC(=O)N2CCOC(c3ccc(F)cc3)C2)nc1. The number of halogens is 4. The van der Waals surface area contributed by atoms with E-state index >= 15 is 0 Å². The first kappa shape index (κ1) is 23.9. The number of urea groups is 1. The van der Waals surface area contributed by atoms with Gasteiger partial charge in [0.1, 0.15) is 11.9 Å². The van der Waals surface area contributed by atoms with E-state index in [1.54, 1.807) is 22.5 Å². The normalized spacial score (nSPS) is 16.1. The van der Waals surface area contributed by atoms with Crippen molar-refractivity contribution in [2.24, 2.45) is 0 Å². The molecule has 1 aromatic carbocycles. The highest BCUT2D eigenvalue weighted by molar-refractivity contribution is 5.95. The minimum absolute atomic E-state index is 0.0319. The molecule has 9 nitrogen and oxygen atoms in total. The third-order valence-corrected chi connectivity index (χ3v) is 4.65. The molecule has 1 unspecified atom stereocenters. The highest BCUT2D eigenvalue weighted by Crippen LogP contribution is 2.22. The highest BCUT2D eigenvalue weighted by Gasteiger charge is 2.39. The number of nitrogens with zero attached hydrogens (tertiary/aromatic N) is 2. The fourth-order valence-electron chi connectivity index (χ4n) is 2.91. The van der Waals surface area contributed by atoms with E-state index in [0.717, 1.165) is 11.8 Å². The Kier molecular flexibility index (Phi) is 7.43. The van der Waals surface area contributed by atoms with Crippen molar-refractivity contribution < 1.29 is 36.7 Å². The van der Waals surface area contributed by atoms with Gasteiger partial charge in [-0.1, -0.05) is 12.1 Å². The van der Waals surface area contributed by atoms with Crippen molar-refractivity contribution in [2.45, 2.75) is 18.8 Å². The summed E-state index contributed by atoms with van der Waals surface area (Å²) in [5.41, 5.74) is 3.92. The molecule has 1 fully saturated rings. The molecule has 0 aliphatic carbocycles. The van der Waals surface area contributed by atoms with Crippen molar-refractivity contribution in [3.05, 3.63) is 65.2 Å². The summed E-state index contributed by atoms with van der Waals surface area (Å²) in [4.78, 5) is 40.5. The summed E-state index contributed by atoms with van der Waals surface area (Å²) in [5.74, 6) is -3.67. The van der Waals surface area contributed by atoms with Crippen LogP contribution >= 0.6 is 0 Å². The maximum Gasteiger partial charge on any atom is 0.472 e. The molecule has 3 rings (SSSR count). The van der Waals surface area contributed by atoms with Gasteiger partial charge < -0.3 is 15.0 Å². The lowest BCUT2D eigenvalue weighted by Gasteiger charge is -2.33. The molecule has 1 atom stereocenters. The van der Waals surface area contributed by atoms with Gasteiger partial charge in [0.05, 0.1) is 31.0 Å². The van der Waals surface area contributed by atoms with Gasteiger partial charge in [0.25, 0.3) is 5.91 Å². The Bertz CT molecular complexity index is 999. The number of hydrazine groups is 1. The summed E-state index contributed by atoms with van der Waals surface area (Å²) in [6, 6.07) is 8.14. The van der Waals surface area contributed by atoms with Crippen molar-refractivity contribution in [3.8, 4) is 0 Å². The summed E-state index contributed by atoms with van der Waals surface area (Å²) in [6.45, 7) is 0.972. The van der Waals surface area contributed by atoms with Gasteiger partial charge in [0.2, 0.25) is 0 Å². The summed E-state index contributed by atoms with van der Waals surface area (Å²) in [7, 11) is 0. The van der Waals surface area contributed by atoms with E-state index in [-0.39, 0.29) is 36.6 Å². The average Bonchev–Trinajstić information content (AvgIpc) is 2.81. The van der Waals surface area contributed by atoms with Gasteiger partial charge in [-0.3, -0.25) is 25.4 Å². The Balaban J connectivity index is 1.48. The zero-order valence-electron chi connectivity index (χ0n) is 17.0. The number of carbonyl (C=O) groups is 3. The Labute approximate surface area is 185 Å². The standard InChI is InChI=1S/C20H19F4N5O4/c21-14-4-1-12(2-5-14)16-11-29(7-8-33-16)19(32)26-10-15-6-3-13(9-25-15)17(30)27-28-18(31)20(22,23)24/h1-6,9,16H,7-8,10-11H2,(H,26,32)(H,27,30)(H,28,31). The fraction of sp³-hybridized carbons (Fsp3) is 0.300. The number of hydrogen-bond donors (Lipinski definition) is 3. The maximum atomic E-state index is 13.1. The third-order valence-electron chi connectivity index (χ3n) is 4.65. The number of morpholine rings is 1. The van der Waals surface area contributed by atoms with E-state index in [4.69, 9.17) is 4.74 Å².